The second kappa shape index (κ2) is 5.66. The van der Waals surface area contributed by atoms with Crippen molar-refractivity contribution in [3.63, 3.8) is 0 Å². The lowest BCUT2D eigenvalue weighted by Gasteiger charge is -2.30. The van der Waals surface area contributed by atoms with Crippen LogP contribution in [0.25, 0.3) is 0 Å². The zero-order valence-electron chi connectivity index (χ0n) is 12.0. The molecule has 0 aliphatic carbocycles. The molecule has 1 aliphatic rings. The van der Waals surface area contributed by atoms with Crippen LogP contribution in [-0.2, 0) is 13.0 Å². The predicted octanol–water partition coefficient (Wildman–Crippen LogP) is 4.42. The molecule has 0 fully saturated rings. The molecule has 3 rings (SSSR count). The highest BCUT2D eigenvalue weighted by atomic mass is 32.1. The zero-order valence-corrected chi connectivity index (χ0v) is 12.8. The molecular weight excluding hydrogens is 269 g/mol. The minimum atomic E-state index is -0.157. The molecule has 0 saturated carbocycles. The van der Waals surface area contributed by atoms with Crippen molar-refractivity contribution >= 4 is 11.3 Å². The van der Waals surface area contributed by atoms with Crippen molar-refractivity contribution in [2.24, 2.45) is 0 Å². The van der Waals surface area contributed by atoms with Crippen molar-refractivity contribution in [2.45, 2.75) is 32.2 Å². The van der Waals surface area contributed by atoms with Gasteiger partial charge in [0.25, 0.3) is 0 Å². The van der Waals surface area contributed by atoms with Crippen molar-refractivity contribution < 1.29 is 4.39 Å². The quantitative estimate of drug-likeness (QED) is 0.808. The first-order valence-corrected chi connectivity index (χ1v) is 8.04. The molecule has 1 unspecified atom stereocenters. The highest BCUT2D eigenvalue weighted by Gasteiger charge is 2.26. The third-order valence-corrected chi connectivity index (χ3v) is 5.14. The number of hydrogen-bond donors (Lipinski definition) is 0. The van der Waals surface area contributed by atoms with Crippen LogP contribution in [0.2, 0.25) is 0 Å². The Hall–Kier alpha value is -1.19. The molecule has 1 atom stereocenters. The number of nitrogens with zero attached hydrogens (tertiary/aromatic N) is 1. The number of rotatable bonds is 3. The second-order valence-corrected chi connectivity index (χ2v) is 6.86. The monoisotopic (exact) mass is 289 g/mol. The Morgan fingerprint density at radius 1 is 1.30 bits per heavy atom. The summed E-state index contributed by atoms with van der Waals surface area (Å²) in [6.07, 6.45) is 2.36. The van der Waals surface area contributed by atoms with E-state index in [9.17, 15) is 4.39 Å². The Balaban J connectivity index is 1.98. The Morgan fingerprint density at radius 2 is 2.05 bits per heavy atom. The first-order chi connectivity index (χ1) is 9.67. The van der Waals surface area contributed by atoms with E-state index in [2.05, 4.69) is 24.9 Å². The molecule has 2 heterocycles. The molecule has 20 heavy (non-hydrogen) atoms. The lowest BCUT2D eigenvalue weighted by molar-refractivity contribution is 0.299. The standard InChI is InChI=1S/C17H20FNS/c1-3-4-14-9-15-16(10-19(2)11-17(15)20-14)12-5-7-13(18)8-6-12/h5-9,16H,3-4,10-11H2,1-2H3. The zero-order chi connectivity index (χ0) is 14.1. The van der Waals surface area contributed by atoms with Gasteiger partial charge in [-0.2, -0.15) is 0 Å². The number of likely N-dealkylation sites (N-methyl/N-ethyl adjacent to an activating group) is 1. The largest absolute Gasteiger partial charge is 0.300 e. The Morgan fingerprint density at radius 3 is 2.75 bits per heavy atom. The van der Waals surface area contributed by atoms with Crippen LogP contribution in [0.5, 0.6) is 0 Å². The van der Waals surface area contributed by atoms with E-state index in [-0.39, 0.29) is 5.82 Å². The van der Waals surface area contributed by atoms with Gasteiger partial charge in [-0.3, -0.25) is 0 Å². The average molecular weight is 289 g/mol. The van der Waals surface area contributed by atoms with Crippen molar-refractivity contribution in [3.8, 4) is 0 Å². The van der Waals surface area contributed by atoms with Gasteiger partial charge in [-0.1, -0.05) is 25.5 Å². The minimum absolute atomic E-state index is 0.157. The molecule has 0 radical (unpaired) electrons. The lowest BCUT2D eigenvalue weighted by Crippen LogP contribution is -2.29. The first-order valence-electron chi connectivity index (χ1n) is 7.23. The summed E-state index contributed by atoms with van der Waals surface area (Å²) >= 11 is 1.95. The van der Waals surface area contributed by atoms with Gasteiger partial charge in [-0.05, 0) is 42.8 Å². The topological polar surface area (TPSA) is 3.24 Å². The summed E-state index contributed by atoms with van der Waals surface area (Å²) in [5.41, 5.74) is 2.68. The smallest absolute Gasteiger partial charge is 0.123 e. The number of hydrogen-bond acceptors (Lipinski definition) is 2. The Bertz CT molecular complexity index is 588. The van der Waals surface area contributed by atoms with Gasteiger partial charge in [0, 0.05) is 28.8 Å². The fourth-order valence-electron chi connectivity index (χ4n) is 2.99. The summed E-state index contributed by atoms with van der Waals surface area (Å²) < 4.78 is 13.1. The van der Waals surface area contributed by atoms with E-state index < -0.39 is 0 Å². The van der Waals surface area contributed by atoms with Gasteiger partial charge in [-0.25, -0.2) is 4.39 Å². The number of fused-ring (bicyclic) bond motifs is 1. The third kappa shape index (κ3) is 2.65. The maximum absolute atomic E-state index is 13.1. The van der Waals surface area contributed by atoms with Crippen molar-refractivity contribution in [3.05, 3.63) is 57.0 Å². The van der Waals surface area contributed by atoms with Gasteiger partial charge in [0.1, 0.15) is 5.82 Å². The summed E-state index contributed by atoms with van der Waals surface area (Å²) in [4.78, 5) is 5.33. The molecular formula is C17H20FNS. The van der Waals surface area contributed by atoms with Crippen LogP contribution in [0.4, 0.5) is 4.39 Å². The van der Waals surface area contributed by atoms with Gasteiger partial charge in [0.15, 0.2) is 0 Å². The molecule has 0 amide bonds. The summed E-state index contributed by atoms with van der Waals surface area (Å²) in [6, 6.07) is 9.39. The van der Waals surface area contributed by atoms with E-state index in [1.54, 1.807) is 12.1 Å². The maximum atomic E-state index is 13.1. The third-order valence-electron chi connectivity index (χ3n) is 3.94. The molecule has 0 bridgehead atoms. The summed E-state index contributed by atoms with van der Waals surface area (Å²) in [5, 5.41) is 0. The molecule has 106 valence electrons. The van der Waals surface area contributed by atoms with E-state index in [1.165, 1.54) is 27.3 Å². The Kier molecular flexibility index (Phi) is 3.90. The number of aryl methyl sites for hydroxylation is 1. The van der Waals surface area contributed by atoms with Crippen LogP contribution in [0.3, 0.4) is 0 Å². The molecule has 0 spiro atoms. The molecule has 1 aromatic heterocycles. The summed E-state index contributed by atoms with van der Waals surface area (Å²) in [5.74, 6) is 0.223. The maximum Gasteiger partial charge on any atom is 0.123 e. The van der Waals surface area contributed by atoms with Gasteiger partial charge >= 0.3 is 0 Å². The van der Waals surface area contributed by atoms with Crippen LogP contribution in [0.15, 0.2) is 30.3 Å². The fourth-order valence-corrected chi connectivity index (χ4v) is 4.40. The lowest BCUT2D eigenvalue weighted by atomic mass is 9.88. The summed E-state index contributed by atoms with van der Waals surface area (Å²) in [6.45, 7) is 4.28. The first kappa shape index (κ1) is 13.8. The normalized spacial score (nSPS) is 19.1. The van der Waals surface area contributed by atoms with E-state index in [0.717, 1.165) is 19.5 Å². The van der Waals surface area contributed by atoms with E-state index >= 15 is 0 Å². The second-order valence-electron chi connectivity index (χ2n) is 5.64. The molecule has 2 aromatic rings. The van der Waals surface area contributed by atoms with Crippen LogP contribution >= 0.6 is 11.3 Å². The average Bonchev–Trinajstić information content (AvgIpc) is 2.81. The van der Waals surface area contributed by atoms with Gasteiger partial charge < -0.3 is 4.90 Å². The van der Waals surface area contributed by atoms with Gasteiger partial charge in [-0.15, -0.1) is 11.3 Å². The molecule has 1 nitrogen and oxygen atoms in total. The van der Waals surface area contributed by atoms with Crippen molar-refractivity contribution in [1.82, 2.24) is 4.90 Å². The number of thiophene rings is 1. The van der Waals surface area contributed by atoms with Crippen LogP contribution in [0, 0.1) is 5.82 Å². The molecule has 0 N–H and O–H groups in total. The number of benzene rings is 1. The molecule has 0 saturated heterocycles. The van der Waals surface area contributed by atoms with Gasteiger partial charge in [0.2, 0.25) is 0 Å². The van der Waals surface area contributed by atoms with E-state index in [4.69, 9.17) is 0 Å². The Labute approximate surface area is 124 Å². The molecule has 3 heteroatoms. The van der Waals surface area contributed by atoms with Crippen molar-refractivity contribution in [2.75, 3.05) is 13.6 Å². The van der Waals surface area contributed by atoms with Crippen LogP contribution in [-0.4, -0.2) is 18.5 Å². The van der Waals surface area contributed by atoms with E-state index in [1.807, 2.05) is 23.5 Å². The molecule has 1 aromatic carbocycles. The van der Waals surface area contributed by atoms with Crippen molar-refractivity contribution in [1.29, 1.82) is 0 Å². The highest BCUT2D eigenvalue weighted by Crippen LogP contribution is 2.38. The SMILES string of the molecule is CCCc1cc2c(s1)CN(C)CC2c1ccc(F)cc1. The van der Waals surface area contributed by atoms with Crippen LogP contribution < -0.4 is 0 Å². The predicted molar refractivity (Wildman–Crippen MR) is 82.9 cm³/mol. The number of halogens is 1. The highest BCUT2D eigenvalue weighted by molar-refractivity contribution is 7.12. The van der Waals surface area contributed by atoms with E-state index in [0.29, 0.717) is 5.92 Å². The summed E-state index contributed by atoms with van der Waals surface area (Å²) in [7, 11) is 2.17. The molecule has 1 aliphatic heterocycles. The van der Waals surface area contributed by atoms with Gasteiger partial charge in [0.05, 0.1) is 0 Å². The fraction of sp³-hybridized carbons (Fsp3) is 0.412. The van der Waals surface area contributed by atoms with Crippen LogP contribution in [0.1, 0.15) is 40.1 Å². The minimum Gasteiger partial charge on any atom is -0.300 e.